The number of nitrogens with two attached hydrogens (primary N) is 1. The van der Waals surface area contributed by atoms with Crippen LogP contribution in [-0.2, 0) is 10.3 Å². The monoisotopic (exact) mass is 471 g/mol. The summed E-state index contributed by atoms with van der Waals surface area (Å²) in [6.07, 6.45) is 0.649. The number of hydrogen-bond acceptors (Lipinski definition) is 6. The number of amides is 1. The van der Waals surface area contributed by atoms with Crippen molar-refractivity contribution in [3.05, 3.63) is 76.5 Å². The first-order valence-electron chi connectivity index (χ1n) is 11.4. The number of guanidine groups is 1. The molecule has 0 bridgehead atoms. The second-order valence-corrected chi connectivity index (χ2v) is 9.57. The van der Waals surface area contributed by atoms with Gasteiger partial charge in [0, 0.05) is 30.7 Å². The SMILES string of the molecule is CCN(CCC1C(=O)N(C)C(N)=N[C@]1(C)c1cc(-c2cccc(C#N)c2)cs1)c1ccccc1. The summed E-state index contributed by atoms with van der Waals surface area (Å²) in [6.45, 7) is 5.72. The van der Waals surface area contributed by atoms with Crippen molar-refractivity contribution in [2.75, 3.05) is 25.0 Å². The Kier molecular flexibility index (Phi) is 6.71. The zero-order chi connectivity index (χ0) is 24.3. The van der Waals surface area contributed by atoms with Crippen LogP contribution in [0.15, 0.2) is 71.0 Å². The molecule has 1 aromatic heterocycles. The molecule has 174 valence electrons. The van der Waals surface area contributed by atoms with E-state index >= 15 is 0 Å². The average Bonchev–Trinajstić information content (AvgIpc) is 3.37. The Bertz CT molecular complexity index is 1250. The van der Waals surface area contributed by atoms with Crippen LogP contribution in [0.5, 0.6) is 0 Å². The fourth-order valence-electron chi connectivity index (χ4n) is 4.52. The molecule has 0 radical (unpaired) electrons. The predicted molar refractivity (Wildman–Crippen MR) is 139 cm³/mol. The lowest BCUT2D eigenvalue weighted by molar-refractivity contribution is -0.134. The van der Waals surface area contributed by atoms with Crippen LogP contribution in [0.25, 0.3) is 11.1 Å². The molecule has 0 fully saturated rings. The molecule has 3 aromatic rings. The van der Waals surface area contributed by atoms with Gasteiger partial charge in [-0.1, -0.05) is 30.3 Å². The third-order valence-corrected chi connectivity index (χ3v) is 7.77. The molecule has 2 atom stereocenters. The summed E-state index contributed by atoms with van der Waals surface area (Å²) in [7, 11) is 1.69. The van der Waals surface area contributed by atoms with Crippen molar-refractivity contribution >= 4 is 28.9 Å². The highest BCUT2D eigenvalue weighted by molar-refractivity contribution is 7.10. The van der Waals surface area contributed by atoms with E-state index in [4.69, 9.17) is 10.7 Å². The summed E-state index contributed by atoms with van der Waals surface area (Å²) in [6, 6.07) is 22.1. The van der Waals surface area contributed by atoms with Gasteiger partial charge in [-0.25, -0.2) is 4.99 Å². The maximum absolute atomic E-state index is 13.4. The van der Waals surface area contributed by atoms with Crippen molar-refractivity contribution in [3.8, 4) is 17.2 Å². The highest BCUT2D eigenvalue weighted by atomic mass is 32.1. The van der Waals surface area contributed by atoms with Gasteiger partial charge in [-0.05, 0) is 67.1 Å². The quantitative estimate of drug-likeness (QED) is 0.535. The number of carbonyl (C=O) groups is 1. The highest BCUT2D eigenvalue weighted by Gasteiger charge is 2.46. The Morgan fingerprint density at radius 3 is 2.65 bits per heavy atom. The zero-order valence-corrected chi connectivity index (χ0v) is 20.5. The van der Waals surface area contributed by atoms with E-state index in [0.29, 0.717) is 12.0 Å². The maximum Gasteiger partial charge on any atom is 0.235 e. The van der Waals surface area contributed by atoms with E-state index in [0.717, 1.165) is 34.8 Å². The second-order valence-electron chi connectivity index (χ2n) is 8.66. The molecule has 0 saturated carbocycles. The molecule has 1 aliphatic rings. The van der Waals surface area contributed by atoms with Crippen LogP contribution in [0.1, 0.15) is 30.7 Å². The van der Waals surface area contributed by atoms with Gasteiger partial charge in [-0.3, -0.25) is 9.69 Å². The normalized spacial score (nSPS) is 20.1. The molecule has 0 saturated heterocycles. The lowest BCUT2D eigenvalue weighted by Gasteiger charge is -2.40. The van der Waals surface area contributed by atoms with Gasteiger partial charge in [0.1, 0.15) is 5.54 Å². The number of benzene rings is 2. The van der Waals surface area contributed by atoms with Crippen LogP contribution < -0.4 is 10.6 Å². The van der Waals surface area contributed by atoms with Gasteiger partial charge >= 0.3 is 0 Å². The molecule has 34 heavy (non-hydrogen) atoms. The minimum Gasteiger partial charge on any atom is -0.372 e. The van der Waals surface area contributed by atoms with Crippen LogP contribution in [0.4, 0.5) is 5.69 Å². The number of aliphatic imine (C=N–C) groups is 1. The Hall–Kier alpha value is -3.63. The number of hydrogen-bond donors (Lipinski definition) is 1. The van der Waals surface area contributed by atoms with Crippen molar-refractivity contribution < 1.29 is 4.79 Å². The molecule has 2 aromatic carbocycles. The standard InChI is InChI=1S/C27H29N5OS/c1-4-32(22-11-6-5-7-12-22)14-13-23-25(33)31(3)26(29)30-27(23,2)24-16-21(18-34-24)20-10-8-9-19(15-20)17-28/h5-12,15-16,18,23H,4,13-14H2,1-3H3,(H2,29,30)/t23?,27-/m0/s1. The zero-order valence-electron chi connectivity index (χ0n) is 19.7. The molecule has 0 aliphatic carbocycles. The first-order chi connectivity index (χ1) is 16.4. The third-order valence-electron chi connectivity index (χ3n) is 6.61. The summed E-state index contributed by atoms with van der Waals surface area (Å²) < 4.78 is 0. The Labute approximate surface area is 205 Å². The molecule has 1 unspecified atom stereocenters. The predicted octanol–water partition coefficient (Wildman–Crippen LogP) is 4.82. The van der Waals surface area contributed by atoms with Crippen molar-refractivity contribution in [2.45, 2.75) is 25.8 Å². The van der Waals surface area contributed by atoms with E-state index in [9.17, 15) is 10.1 Å². The van der Waals surface area contributed by atoms with Gasteiger partial charge in [-0.2, -0.15) is 5.26 Å². The fraction of sp³-hybridized carbons (Fsp3) is 0.296. The van der Waals surface area contributed by atoms with Gasteiger partial charge in [0.05, 0.1) is 17.6 Å². The van der Waals surface area contributed by atoms with Crippen LogP contribution >= 0.6 is 11.3 Å². The summed E-state index contributed by atoms with van der Waals surface area (Å²) in [5.41, 5.74) is 9.16. The van der Waals surface area contributed by atoms with Crippen molar-refractivity contribution in [2.24, 2.45) is 16.6 Å². The smallest absolute Gasteiger partial charge is 0.235 e. The third kappa shape index (κ3) is 4.42. The minimum absolute atomic E-state index is 0.0134. The topological polar surface area (TPSA) is 85.7 Å². The number of para-hydroxylation sites is 1. The molecular formula is C27H29N5OS. The second kappa shape index (κ2) is 9.70. The van der Waals surface area contributed by atoms with Crippen LogP contribution in [0.2, 0.25) is 0 Å². The van der Waals surface area contributed by atoms with Gasteiger partial charge < -0.3 is 10.6 Å². The largest absolute Gasteiger partial charge is 0.372 e. The Morgan fingerprint density at radius 2 is 1.94 bits per heavy atom. The van der Waals surface area contributed by atoms with E-state index in [2.05, 4.69) is 41.5 Å². The first kappa shape index (κ1) is 23.5. The summed E-state index contributed by atoms with van der Waals surface area (Å²) in [5.74, 6) is -0.124. The Balaban J connectivity index is 1.66. The van der Waals surface area contributed by atoms with Gasteiger partial charge in [0.2, 0.25) is 5.91 Å². The summed E-state index contributed by atoms with van der Waals surface area (Å²) in [4.78, 5) is 23.0. The first-order valence-corrected chi connectivity index (χ1v) is 12.3. The summed E-state index contributed by atoms with van der Waals surface area (Å²) in [5, 5.41) is 11.3. The number of nitrogens with zero attached hydrogens (tertiary/aromatic N) is 4. The summed E-state index contributed by atoms with van der Waals surface area (Å²) >= 11 is 1.58. The minimum atomic E-state index is -0.764. The van der Waals surface area contributed by atoms with E-state index in [1.165, 1.54) is 4.90 Å². The molecule has 1 amide bonds. The van der Waals surface area contributed by atoms with Crippen LogP contribution in [-0.4, -0.2) is 36.9 Å². The molecule has 0 spiro atoms. The molecule has 4 rings (SSSR count). The van der Waals surface area contributed by atoms with E-state index in [1.807, 2.05) is 43.3 Å². The van der Waals surface area contributed by atoms with E-state index in [1.54, 1.807) is 24.5 Å². The number of thiophene rings is 1. The van der Waals surface area contributed by atoms with Gasteiger partial charge in [0.25, 0.3) is 0 Å². The lowest BCUT2D eigenvalue weighted by Crippen LogP contribution is -2.54. The lowest BCUT2D eigenvalue weighted by atomic mass is 9.79. The highest BCUT2D eigenvalue weighted by Crippen LogP contribution is 2.44. The maximum atomic E-state index is 13.4. The number of rotatable bonds is 7. The van der Waals surface area contributed by atoms with E-state index < -0.39 is 5.54 Å². The Morgan fingerprint density at radius 1 is 1.18 bits per heavy atom. The fourth-order valence-corrected chi connectivity index (χ4v) is 5.60. The number of anilines is 1. The van der Waals surface area contributed by atoms with Crippen LogP contribution in [0.3, 0.4) is 0 Å². The van der Waals surface area contributed by atoms with Crippen molar-refractivity contribution in [1.82, 2.24) is 4.90 Å². The number of nitriles is 1. The molecular weight excluding hydrogens is 442 g/mol. The van der Waals surface area contributed by atoms with Gasteiger partial charge in [0.15, 0.2) is 5.96 Å². The molecule has 2 heterocycles. The average molecular weight is 472 g/mol. The van der Waals surface area contributed by atoms with Crippen molar-refractivity contribution in [1.29, 1.82) is 5.26 Å². The van der Waals surface area contributed by atoms with Crippen molar-refractivity contribution in [3.63, 3.8) is 0 Å². The molecule has 7 heteroatoms. The number of carbonyl (C=O) groups excluding carboxylic acids is 1. The molecule has 1 aliphatic heterocycles. The van der Waals surface area contributed by atoms with E-state index in [-0.39, 0.29) is 17.8 Å². The van der Waals surface area contributed by atoms with Gasteiger partial charge in [-0.15, -0.1) is 11.3 Å². The molecule has 2 N–H and O–H groups in total. The van der Waals surface area contributed by atoms with Crippen LogP contribution in [0, 0.1) is 17.2 Å². The molecule has 6 nitrogen and oxygen atoms in total.